The van der Waals surface area contributed by atoms with Crippen molar-refractivity contribution in [1.29, 1.82) is 0 Å². The van der Waals surface area contributed by atoms with E-state index in [1.54, 1.807) is 0 Å². The van der Waals surface area contributed by atoms with Crippen LogP contribution in [0, 0.1) is 0 Å². The van der Waals surface area contributed by atoms with Crippen molar-refractivity contribution in [1.82, 2.24) is 4.98 Å². The Morgan fingerprint density at radius 1 is 0.667 bits per heavy atom. The van der Waals surface area contributed by atoms with Crippen molar-refractivity contribution in [3.05, 3.63) is 127 Å². The smallest absolute Gasteiger partial charge is 0.319 e. The van der Waals surface area contributed by atoms with Gasteiger partial charge in [0.15, 0.2) is 0 Å². The quantitative estimate of drug-likeness (QED) is 0.256. The maximum atomic E-state index is 7.37. The SMILES string of the molecule is CC(C)(C)[Si](Oc1cccc2c(NCc3ccncc3)cccc12)(c1ccccc1)c1ccccc1. The summed E-state index contributed by atoms with van der Waals surface area (Å²) < 4.78 is 7.37. The maximum absolute atomic E-state index is 7.37. The maximum Gasteiger partial charge on any atom is 0.319 e. The Morgan fingerprint density at radius 2 is 1.25 bits per heavy atom. The summed E-state index contributed by atoms with van der Waals surface area (Å²) in [5.41, 5.74) is 2.29. The minimum Gasteiger partial charge on any atom is -0.534 e. The van der Waals surface area contributed by atoms with Crippen LogP contribution in [-0.4, -0.2) is 13.3 Å². The molecule has 0 aliphatic rings. The summed E-state index contributed by atoms with van der Waals surface area (Å²) in [6, 6.07) is 38.5. The molecule has 5 rings (SSSR count). The van der Waals surface area contributed by atoms with E-state index in [9.17, 15) is 0 Å². The van der Waals surface area contributed by atoms with Gasteiger partial charge in [-0.15, -0.1) is 0 Å². The molecule has 0 radical (unpaired) electrons. The van der Waals surface area contributed by atoms with Crippen LogP contribution in [0.25, 0.3) is 10.8 Å². The van der Waals surface area contributed by atoms with Gasteiger partial charge in [0, 0.05) is 35.4 Å². The second-order valence-electron chi connectivity index (χ2n) is 10.1. The van der Waals surface area contributed by atoms with Crippen LogP contribution >= 0.6 is 0 Å². The van der Waals surface area contributed by atoms with Gasteiger partial charge in [-0.3, -0.25) is 4.98 Å². The topological polar surface area (TPSA) is 34.1 Å². The molecule has 1 heterocycles. The van der Waals surface area contributed by atoms with Crippen molar-refractivity contribution in [3.63, 3.8) is 0 Å². The number of rotatable bonds is 7. The van der Waals surface area contributed by atoms with Crippen molar-refractivity contribution in [2.75, 3.05) is 5.32 Å². The molecule has 3 nitrogen and oxygen atoms in total. The molecule has 180 valence electrons. The Kier molecular flexibility index (Phi) is 6.62. The molecule has 1 N–H and O–H groups in total. The van der Waals surface area contributed by atoms with Crippen LogP contribution in [0.3, 0.4) is 0 Å². The fraction of sp³-hybridized carbons (Fsp3) is 0.156. The van der Waals surface area contributed by atoms with Crippen LogP contribution in [0.5, 0.6) is 5.75 Å². The summed E-state index contributed by atoms with van der Waals surface area (Å²) in [6.07, 6.45) is 3.66. The lowest BCUT2D eigenvalue weighted by atomic mass is 10.1. The Labute approximate surface area is 214 Å². The van der Waals surface area contributed by atoms with Crippen LogP contribution in [0.15, 0.2) is 122 Å². The van der Waals surface area contributed by atoms with Crippen molar-refractivity contribution >= 4 is 35.2 Å². The lowest BCUT2D eigenvalue weighted by molar-refractivity contribution is 0.513. The molecule has 0 saturated heterocycles. The van der Waals surface area contributed by atoms with Crippen molar-refractivity contribution in [3.8, 4) is 5.75 Å². The predicted octanol–water partition coefficient (Wildman–Crippen LogP) is 6.79. The van der Waals surface area contributed by atoms with Crippen LogP contribution in [0.4, 0.5) is 5.69 Å². The number of hydrogen-bond donors (Lipinski definition) is 1. The lowest BCUT2D eigenvalue weighted by Crippen LogP contribution is -2.68. The van der Waals surface area contributed by atoms with Gasteiger partial charge in [-0.05, 0) is 45.2 Å². The first-order valence-electron chi connectivity index (χ1n) is 12.4. The highest BCUT2D eigenvalue weighted by Crippen LogP contribution is 2.40. The Morgan fingerprint density at radius 3 is 1.86 bits per heavy atom. The fourth-order valence-electron chi connectivity index (χ4n) is 5.04. The number of nitrogens with one attached hydrogen (secondary N) is 1. The Hall–Kier alpha value is -3.89. The molecule has 36 heavy (non-hydrogen) atoms. The highest BCUT2D eigenvalue weighted by Gasteiger charge is 2.52. The zero-order valence-electron chi connectivity index (χ0n) is 21.1. The molecule has 0 bridgehead atoms. The zero-order valence-corrected chi connectivity index (χ0v) is 22.1. The molecule has 0 saturated carbocycles. The van der Waals surface area contributed by atoms with E-state index in [0.717, 1.165) is 28.8 Å². The molecule has 1 aromatic heterocycles. The van der Waals surface area contributed by atoms with Gasteiger partial charge in [0.1, 0.15) is 5.75 Å². The highest BCUT2D eigenvalue weighted by atomic mass is 28.4. The summed E-state index contributed by atoms with van der Waals surface area (Å²) >= 11 is 0. The number of hydrogen-bond acceptors (Lipinski definition) is 3. The van der Waals surface area contributed by atoms with Gasteiger partial charge in [-0.2, -0.15) is 0 Å². The summed E-state index contributed by atoms with van der Waals surface area (Å²) in [5.74, 6) is 0.925. The molecule has 5 aromatic rings. The Balaban J connectivity index is 1.63. The number of benzene rings is 4. The Bertz CT molecular complexity index is 1390. The highest BCUT2D eigenvalue weighted by molar-refractivity contribution is 7.00. The van der Waals surface area contributed by atoms with Gasteiger partial charge in [-0.25, -0.2) is 0 Å². The van der Waals surface area contributed by atoms with Crippen molar-refractivity contribution in [2.45, 2.75) is 32.4 Å². The average Bonchev–Trinajstić information content (AvgIpc) is 2.91. The first-order valence-corrected chi connectivity index (χ1v) is 14.3. The van der Waals surface area contributed by atoms with E-state index in [-0.39, 0.29) is 5.04 Å². The molecule has 0 aliphatic heterocycles. The van der Waals surface area contributed by atoms with E-state index >= 15 is 0 Å². The monoisotopic (exact) mass is 488 g/mol. The summed E-state index contributed by atoms with van der Waals surface area (Å²) in [6.45, 7) is 7.67. The number of aromatic nitrogens is 1. The third kappa shape index (κ3) is 4.52. The van der Waals surface area contributed by atoms with E-state index < -0.39 is 8.32 Å². The van der Waals surface area contributed by atoms with Gasteiger partial charge in [0.25, 0.3) is 0 Å². The summed E-state index contributed by atoms with van der Waals surface area (Å²) in [5, 5.41) is 8.33. The van der Waals surface area contributed by atoms with Gasteiger partial charge in [0.2, 0.25) is 0 Å². The van der Waals surface area contributed by atoms with Gasteiger partial charge < -0.3 is 9.74 Å². The van der Waals surface area contributed by atoms with Gasteiger partial charge in [0.05, 0.1) is 0 Å². The number of fused-ring (bicyclic) bond motifs is 1. The van der Waals surface area contributed by atoms with Gasteiger partial charge >= 0.3 is 8.32 Å². The molecule has 0 atom stereocenters. The third-order valence-corrected chi connectivity index (χ3v) is 11.7. The summed E-state index contributed by atoms with van der Waals surface area (Å²) in [7, 11) is -2.72. The first kappa shape index (κ1) is 23.8. The molecule has 4 aromatic carbocycles. The molecule has 4 heteroatoms. The van der Waals surface area contributed by atoms with Crippen LogP contribution < -0.4 is 20.1 Å². The van der Waals surface area contributed by atoms with Crippen LogP contribution in [0.2, 0.25) is 5.04 Å². The van der Waals surface area contributed by atoms with E-state index in [2.05, 4.69) is 128 Å². The van der Waals surface area contributed by atoms with Crippen molar-refractivity contribution < 1.29 is 4.43 Å². The molecule has 0 amide bonds. The van der Waals surface area contributed by atoms with E-state index in [0.29, 0.717) is 0 Å². The largest absolute Gasteiger partial charge is 0.534 e. The lowest BCUT2D eigenvalue weighted by Gasteiger charge is -2.43. The molecule has 0 spiro atoms. The minimum atomic E-state index is -2.72. The number of pyridine rings is 1. The molecular weight excluding hydrogens is 456 g/mol. The standard InChI is InChI=1S/C32H32N2OSi/c1-32(2,3)36(26-12-6-4-7-13-26,27-14-8-5-9-15-27)35-31-19-11-16-28-29(31)17-10-18-30(28)34-24-25-20-22-33-23-21-25/h4-23,34H,24H2,1-3H3. The minimum absolute atomic E-state index is 0.102. The van der Waals surface area contributed by atoms with Crippen LogP contribution in [0.1, 0.15) is 26.3 Å². The number of anilines is 1. The second-order valence-corrected chi connectivity index (χ2v) is 14.4. The predicted molar refractivity (Wildman–Crippen MR) is 154 cm³/mol. The number of nitrogens with zero attached hydrogens (tertiary/aromatic N) is 1. The third-order valence-electron chi connectivity index (χ3n) is 6.79. The zero-order chi connectivity index (χ0) is 25.0. The van der Waals surface area contributed by atoms with E-state index in [4.69, 9.17) is 4.43 Å². The summed E-state index contributed by atoms with van der Waals surface area (Å²) in [4.78, 5) is 4.13. The molecule has 0 fully saturated rings. The average molecular weight is 489 g/mol. The normalized spacial score (nSPS) is 11.9. The fourth-order valence-corrected chi connectivity index (χ4v) is 9.48. The first-order chi connectivity index (χ1) is 17.5. The molecule has 0 aliphatic carbocycles. The van der Waals surface area contributed by atoms with Gasteiger partial charge in [-0.1, -0.05) is 106 Å². The van der Waals surface area contributed by atoms with E-state index in [1.807, 2.05) is 24.5 Å². The second kappa shape index (κ2) is 10.00. The van der Waals surface area contributed by atoms with E-state index in [1.165, 1.54) is 15.9 Å². The molecule has 0 unspecified atom stereocenters. The molecular formula is C32H32N2OSi. The van der Waals surface area contributed by atoms with Crippen molar-refractivity contribution in [2.24, 2.45) is 0 Å². The van der Waals surface area contributed by atoms with Crippen LogP contribution in [-0.2, 0) is 6.54 Å².